The summed E-state index contributed by atoms with van der Waals surface area (Å²) in [7, 11) is 1.60. The van der Waals surface area contributed by atoms with Crippen molar-refractivity contribution in [3.05, 3.63) is 42.7 Å². The first-order valence-electron chi connectivity index (χ1n) is 9.34. The highest BCUT2D eigenvalue weighted by Crippen LogP contribution is 2.32. The number of piperidine rings is 1. The average molecular weight is 411 g/mol. The number of fused-ring (bicyclic) bond motifs is 1. The Labute approximate surface area is 171 Å². The van der Waals surface area contributed by atoms with Gasteiger partial charge < -0.3 is 15.0 Å². The summed E-state index contributed by atoms with van der Waals surface area (Å²) >= 11 is 1.41. The number of hydrogen-bond acceptors (Lipinski definition) is 6. The Bertz CT molecular complexity index is 1020. The SMILES string of the molecule is COc1cccc2sc(NC(=O)N3CCC(C(=O)Nc4ccncc4)CC3)nc12. The molecule has 3 amide bonds. The second kappa shape index (κ2) is 8.44. The molecule has 1 aliphatic heterocycles. The van der Waals surface area contributed by atoms with E-state index in [0.29, 0.717) is 36.8 Å². The van der Waals surface area contributed by atoms with Crippen LogP contribution in [0.2, 0.25) is 0 Å². The van der Waals surface area contributed by atoms with Gasteiger partial charge in [-0.3, -0.25) is 15.1 Å². The minimum absolute atomic E-state index is 0.0190. The number of aromatic nitrogens is 2. The van der Waals surface area contributed by atoms with Gasteiger partial charge in [-0.1, -0.05) is 17.4 Å². The normalized spacial score (nSPS) is 14.6. The molecular weight excluding hydrogens is 390 g/mol. The van der Waals surface area contributed by atoms with Crippen LogP contribution < -0.4 is 15.4 Å². The predicted octanol–water partition coefficient (Wildman–Crippen LogP) is 3.58. The van der Waals surface area contributed by atoms with Crippen LogP contribution in [0.15, 0.2) is 42.7 Å². The van der Waals surface area contributed by atoms with E-state index in [-0.39, 0.29) is 17.9 Å². The molecule has 0 unspecified atom stereocenters. The fourth-order valence-corrected chi connectivity index (χ4v) is 4.21. The van der Waals surface area contributed by atoms with Gasteiger partial charge in [0.05, 0.1) is 11.8 Å². The first kappa shape index (κ1) is 19.1. The summed E-state index contributed by atoms with van der Waals surface area (Å²) in [4.78, 5) is 35.2. The number of urea groups is 1. The summed E-state index contributed by atoms with van der Waals surface area (Å²) in [5.41, 5.74) is 1.47. The first-order valence-corrected chi connectivity index (χ1v) is 10.2. The van der Waals surface area contributed by atoms with Crippen molar-refractivity contribution >= 4 is 44.3 Å². The molecule has 0 aliphatic carbocycles. The largest absolute Gasteiger partial charge is 0.494 e. The number of nitrogens with one attached hydrogen (secondary N) is 2. The molecule has 2 N–H and O–H groups in total. The first-order chi connectivity index (χ1) is 14.1. The number of hydrogen-bond donors (Lipinski definition) is 2. The Hall–Kier alpha value is -3.20. The van der Waals surface area contributed by atoms with Crippen LogP contribution in [-0.2, 0) is 4.79 Å². The van der Waals surface area contributed by atoms with E-state index in [9.17, 15) is 9.59 Å². The third kappa shape index (κ3) is 4.29. The van der Waals surface area contributed by atoms with Crippen LogP contribution in [0, 0.1) is 5.92 Å². The molecule has 3 heterocycles. The topological polar surface area (TPSA) is 96.5 Å². The Morgan fingerprint density at radius 3 is 2.62 bits per heavy atom. The lowest BCUT2D eigenvalue weighted by molar-refractivity contribution is -0.121. The highest BCUT2D eigenvalue weighted by atomic mass is 32.1. The van der Waals surface area contributed by atoms with E-state index < -0.39 is 0 Å². The second-order valence-corrected chi connectivity index (χ2v) is 7.77. The molecule has 1 fully saturated rings. The summed E-state index contributed by atoms with van der Waals surface area (Å²) < 4.78 is 6.27. The lowest BCUT2D eigenvalue weighted by atomic mass is 9.96. The van der Waals surface area contributed by atoms with E-state index in [2.05, 4.69) is 20.6 Å². The summed E-state index contributed by atoms with van der Waals surface area (Å²) in [5, 5.41) is 6.30. The van der Waals surface area contributed by atoms with Gasteiger partial charge in [0, 0.05) is 37.1 Å². The summed E-state index contributed by atoms with van der Waals surface area (Å²) in [6.45, 7) is 1.04. The molecule has 3 aromatic rings. The highest BCUT2D eigenvalue weighted by Gasteiger charge is 2.28. The monoisotopic (exact) mass is 411 g/mol. The van der Waals surface area contributed by atoms with E-state index in [1.54, 1.807) is 36.5 Å². The number of ether oxygens (including phenoxy) is 1. The van der Waals surface area contributed by atoms with E-state index in [1.807, 2.05) is 18.2 Å². The quantitative estimate of drug-likeness (QED) is 0.684. The number of nitrogens with zero attached hydrogens (tertiary/aromatic N) is 3. The molecule has 0 radical (unpaired) electrons. The molecule has 9 heteroatoms. The molecule has 8 nitrogen and oxygen atoms in total. The number of anilines is 2. The Kier molecular flexibility index (Phi) is 5.57. The molecule has 1 aromatic carbocycles. The number of para-hydroxylation sites is 1. The lowest BCUT2D eigenvalue weighted by Crippen LogP contribution is -2.43. The number of pyridine rings is 1. The van der Waals surface area contributed by atoms with Crippen molar-refractivity contribution in [2.75, 3.05) is 30.8 Å². The van der Waals surface area contributed by atoms with Gasteiger partial charge in [0.1, 0.15) is 11.3 Å². The third-order valence-electron chi connectivity index (χ3n) is 4.92. The fraction of sp³-hybridized carbons (Fsp3) is 0.300. The van der Waals surface area contributed by atoms with Crippen molar-refractivity contribution in [1.29, 1.82) is 0 Å². The predicted molar refractivity (Wildman–Crippen MR) is 112 cm³/mol. The maximum absolute atomic E-state index is 12.6. The van der Waals surface area contributed by atoms with Gasteiger partial charge >= 0.3 is 6.03 Å². The Morgan fingerprint density at radius 1 is 1.14 bits per heavy atom. The zero-order chi connectivity index (χ0) is 20.2. The Morgan fingerprint density at radius 2 is 1.90 bits per heavy atom. The molecule has 0 spiro atoms. The van der Waals surface area contributed by atoms with Gasteiger partial charge in [0.15, 0.2) is 5.13 Å². The second-order valence-electron chi connectivity index (χ2n) is 6.74. The van der Waals surface area contributed by atoms with Crippen molar-refractivity contribution in [1.82, 2.24) is 14.9 Å². The maximum Gasteiger partial charge on any atom is 0.323 e. The standard InChI is InChI=1S/C20H21N5O3S/c1-28-15-3-2-4-16-17(15)23-19(29-16)24-20(27)25-11-7-13(8-12-25)18(26)22-14-5-9-21-10-6-14/h2-6,9-10,13H,7-8,11-12H2,1H3,(H,21,22,26)(H,23,24,27). The number of amides is 3. The van der Waals surface area contributed by atoms with Gasteiger partial charge in [-0.15, -0.1) is 0 Å². The smallest absolute Gasteiger partial charge is 0.323 e. The zero-order valence-corrected chi connectivity index (χ0v) is 16.7. The lowest BCUT2D eigenvalue weighted by Gasteiger charge is -2.31. The molecule has 0 atom stereocenters. The summed E-state index contributed by atoms with van der Waals surface area (Å²) in [6, 6.07) is 9.00. The van der Waals surface area contributed by atoms with Crippen LogP contribution in [0.3, 0.4) is 0 Å². The molecule has 2 aromatic heterocycles. The van der Waals surface area contributed by atoms with Crippen molar-refractivity contribution in [2.24, 2.45) is 5.92 Å². The van der Waals surface area contributed by atoms with Gasteiger partial charge in [0.2, 0.25) is 5.91 Å². The maximum atomic E-state index is 12.6. The molecule has 1 saturated heterocycles. The van der Waals surface area contributed by atoms with E-state index in [0.717, 1.165) is 15.9 Å². The number of likely N-dealkylation sites (tertiary alicyclic amines) is 1. The fourth-order valence-electron chi connectivity index (χ4n) is 3.34. The highest BCUT2D eigenvalue weighted by molar-refractivity contribution is 7.22. The van der Waals surface area contributed by atoms with Gasteiger partial charge in [-0.05, 0) is 37.1 Å². The molecule has 0 bridgehead atoms. The van der Waals surface area contributed by atoms with E-state index in [4.69, 9.17) is 4.74 Å². The zero-order valence-electron chi connectivity index (χ0n) is 15.9. The van der Waals surface area contributed by atoms with Crippen molar-refractivity contribution in [2.45, 2.75) is 12.8 Å². The van der Waals surface area contributed by atoms with E-state index in [1.165, 1.54) is 11.3 Å². The number of rotatable bonds is 4. The van der Waals surface area contributed by atoms with Crippen LogP contribution >= 0.6 is 11.3 Å². The Balaban J connectivity index is 1.33. The number of methoxy groups -OCH3 is 1. The molecule has 4 rings (SSSR count). The molecule has 0 saturated carbocycles. The molecule has 29 heavy (non-hydrogen) atoms. The van der Waals surface area contributed by atoms with Crippen molar-refractivity contribution < 1.29 is 14.3 Å². The molecular formula is C20H21N5O3S. The van der Waals surface area contributed by atoms with Crippen molar-refractivity contribution in [3.8, 4) is 5.75 Å². The van der Waals surface area contributed by atoms with Gasteiger partial charge in [-0.2, -0.15) is 0 Å². The van der Waals surface area contributed by atoms with Crippen LogP contribution in [0.1, 0.15) is 12.8 Å². The van der Waals surface area contributed by atoms with Crippen LogP contribution in [0.5, 0.6) is 5.75 Å². The number of carbonyl (C=O) groups excluding carboxylic acids is 2. The van der Waals surface area contributed by atoms with Gasteiger partial charge in [0.25, 0.3) is 0 Å². The van der Waals surface area contributed by atoms with E-state index >= 15 is 0 Å². The molecule has 150 valence electrons. The summed E-state index contributed by atoms with van der Waals surface area (Å²) in [6.07, 6.45) is 4.52. The number of carbonyl (C=O) groups is 2. The third-order valence-corrected chi connectivity index (χ3v) is 5.85. The van der Waals surface area contributed by atoms with Crippen molar-refractivity contribution in [3.63, 3.8) is 0 Å². The average Bonchev–Trinajstić information content (AvgIpc) is 3.17. The minimum atomic E-state index is -0.198. The number of benzene rings is 1. The molecule has 1 aliphatic rings. The van der Waals surface area contributed by atoms with Crippen LogP contribution in [0.25, 0.3) is 10.2 Å². The van der Waals surface area contributed by atoms with Crippen LogP contribution in [-0.4, -0.2) is 47.0 Å². The van der Waals surface area contributed by atoms with Crippen LogP contribution in [0.4, 0.5) is 15.6 Å². The van der Waals surface area contributed by atoms with Gasteiger partial charge in [-0.25, -0.2) is 9.78 Å². The summed E-state index contributed by atoms with van der Waals surface area (Å²) in [5.74, 6) is 0.550. The number of thiazole rings is 1. The minimum Gasteiger partial charge on any atom is -0.494 e.